The van der Waals surface area contributed by atoms with Crippen LogP contribution in [0, 0.1) is 5.41 Å². The topological polar surface area (TPSA) is 35.5 Å². The second kappa shape index (κ2) is 4.63. The molecule has 1 atom stereocenters. The van der Waals surface area contributed by atoms with Crippen LogP contribution in [0.25, 0.3) is 0 Å². The Balaban J connectivity index is 2.17. The van der Waals surface area contributed by atoms with E-state index in [-0.39, 0.29) is 17.3 Å². The van der Waals surface area contributed by atoms with Gasteiger partial charge in [-0.15, -0.1) is 0 Å². The summed E-state index contributed by atoms with van der Waals surface area (Å²) in [5.41, 5.74) is 0.831. The number of ether oxygens (including phenoxy) is 2. The third-order valence-electron chi connectivity index (χ3n) is 3.80. The van der Waals surface area contributed by atoms with Crippen LogP contribution in [0.2, 0.25) is 0 Å². The number of methoxy groups -OCH3 is 1. The van der Waals surface area contributed by atoms with Gasteiger partial charge >= 0.3 is 0 Å². The lowest BCUT2D eigenvalue weighted by Crippen LogP contribution is -2.53. The molecule has 3 heteroatoms. The van der Waals surface area contributed by atoms with E-state index >= 15 is 0 Å². The zero-order chi connectivity index (χ0) is 13.3. The number of hydrogen-bond acceptors (Lipinski definition) is 3. The Labute approximate surface area is 108 Å². The predicted octanol–water partition coefficient (Wildman–Crippen LogP) is 3.00. The maximum atomic E-state index is 11.5. The van der Waals surface area contributed by atoms with Gasteiger partial charge < -0.3 is 9.47 Å². The second-order valence-corrected chi connectivity index (χ2v) is 5.29. The van der Waals surface area contributed by atoms with E-state index in [1.165, 1.54) is 5.56 Å². The molecule has 1 aromatic carbocycles. The summed E-state index contributed by atoms with van der Waals surface area (Å²) < 4.78 is 11.3. The lowest BCUT2D eigenvalue weighted by Gasteiger charge is -2.42. The summed E-state index contributed by atoms with van der Waals surface area (Å²) in [5.74, 6) is 1.72. The van der Waals surface area contributed by atoms with Crippen molar-refractivity contribution in [1.82, 2.24) is 0 Å². The molecule has 3 nitrogen and oxygen atoms in total. The minimum absolute atomic E-state index is 0.0497. The first-order chi connectivity index (χ1) is 8.48. The molecule has 18 heavy (non-hydrogen) atoms. The molecule has 0 aromatic heterocycles. The van der Waals surface area contributed by atoms with Gasteiger partial charge in [-0.1, -0.05) is 13.0 Å². The summed E-state index contributed by atoms with van der Waals surface area (Å²) in [5, 5.41) is 0. The molecule has 0 radical (unpaired) electrons. The van der Waals surface area contributed by atoms with Crippen LogP contribution in [0.1, 0.15) is 32.8 Å². The molecule has 0 spiro atoms. The number of benzene rings is 1. The van der Waals surface area contributed by atoms with Crippen molar-refractivity contribution in [2.45, 2.75) is 39.7 Å². The van der Waals surface area contributed by atoms with Crippen molar-refractivity contribution in [3.63, 3.8) is 0 Å². The van der Waals surface area contributed by atoms with Gasteiger partial charge in [0.1, 0.15) is 11.9 Å². The fourth-order valence-electron chi connectivity index (χ4n) is 2.11. The van der Waals surface area contributed by atoms with Crippen LogP contribution < -0.4 is 9.47 Å². The molecule has 0 heterocycles. The smallest absolute Gasteiger partial charge is 0.161 e. The summed E-state index contributed by atoms with van der Waals surface area (Å²) in [6, 6.07) is 5.95. The predicted molar refractivity (Wildman–Crippen MR) is 70.2 cm³/mol. The maximum absolute atomic E-state index is 11.5. The van der Waals surface area contributed by atoms with Crippen molar-refractivity contribution in [3.05, 3.63) is 23.8 Å². The van der Waals surface area contributed by atoms with Gasteiger partial charge in [-0.25, -0.2) is 0 Å². The second-order valence-electron chi connectivity index (χ2n) is 5.29. The number of aryl methyl sites for hydroxylation is 1. The summed E-state index contributed by atoms with van der Waals surface area (Å²) in [7, 11) is 1.64. The van der Waals surface area contributed by atoms with Crippen LogP contribution in [-0.4, -0.2) is 19.0 Å². The van der Waals surface area contributed by atoms with Crippen molar-refractivity contribution < 1.29 is 14.3 Å². The van der Waals surface area contributed by atoms with E-state index in [0.717, 1.165) is 17.9 Å². The lowest BCUT2D eigenvalue weighted by molar-refractivity contribution is -0.148. The zero-order valence-corrected chi connectivity index (χ0v) is 11.4. The monoisotopic (exact) mass is 248 g/mol. The molecule has 1 aliphatic rings. The van der Waals surface area contributed by atoms with Crippen molar-refractivity contribution >= 4 is 5.78 Å². The molecule has 1 unspecified atom stereocenters. The Kier molecular flexibility index (Phi) is 3.33. The van der Waals surface area contributed by atoms with Crippen molar-refractivity contribution in [1.29, 1.82) is 0 Å². The van der Waals surface area contributed by atoms with E-state index in [1.54, 1.807) is 7.11 Å². The van der Waals surface area contributed by atoms with Crippen LogP contribution in [0.15, 0.2) is 18.2 Å². The van der Waals surface area contributed by atoms with Crippen LogP contribution in [0.3, 0.4) is 0 Å². The molecular weight excluding hydrogens is 228 g/mol. The fourth-order valence-corrected chi connectivity index (χ4v) is 2.11. The summed E-state index contributed by atoms with van der Waals surface area (Å²) in [6.07, 6.45) is 1.40. The minimum Gasteiger partial charge on any atom is -0.493 e. The Morgan fingerprint density at radius 2 is 2.06 bits per heavy atom. The first kappa shape index (κ1) is 12.9. The van der Waals surface area contributed by atoms with Gasteiger partial charge in [0.15, 0.2) is 11.5 Å². The van der Waals surface area contributed by atoms with Crippen LogP contribution in [-0.2, 0) is 11.2 Å². The molecule has 0 amide bonds. The molecule has 0 N–H and O–H groups in total. The average molecular weight is 248 g/mol. The van der Waals surface area contributed by atoms with Crippen LogP contribution in [0.4, 0.5) is 0 Å². The van der Waals surface area contributed by atoms with E-state index in [4.69, 9.17) is 9.47 Å². The standard InChI is InChI=1S/C15H20O3/c1-5-10-6-7-11(12(8-10)17-4)18-14-9-13(16)15(14,2)3/h6-8,14H,5,9H2,1-4H3. The van der Waals surface area contributed by atoms with E-state index in [0.29, 0.717) is 6.42 Å². The highest BCUT2D eigenvalue weighted by atomic mass is 16.5. The summed E-state index contributed by atoms with van der Waals surface area (Å²) in [6.45, 7) is 5.95. The number of ketones is 1. The molecule has 0 aliphatic heterocycles. The van der Waals surface area contributed by atoms with E-state index < -0.39 is 0 Å². The van der Waals surface area contributed by atoms with Crippen molar-refractivity contribution in [2.75, 3.05) is 7.11 Å². The molecule has 1 fully saturated rings. The Morgan fingerprint density at radius 3 is 2.56 bits per heavy atom. The Morgan fingerprint density at radius 1 is 1.33 bits per heavy atom. The third kappa shape index (κ3) is 2.09. The number of carbonyl (C=O) groups is 1. The van der Waals surface area contributed by atoms with Gasteiger partial charge in [-0.05, 0) is 38.0 Å². The van der Waals surface area contributed by atoms with Crippen LogP contribution >= 0.6 is 0 Å². The number of Topliss-reactive ketones (excluding diaryl/α,β-unsaturated/α-hetero) is 1. The van der Waals surface area contributed by atoms with Gasteiger partial charge in [-0.2, -0.15) is 0 Å². The Hall–Kier alpha value is -1.51. The molecule has 1 aromatic rings. The zero-order valence-electron chi connectivity index (χ0n) is 11.4. The Bertz CT molecular complexity index is 463. The molecule has 1 aliphatic carbocycles. The molecule has 2 rings (SSSR count). The number of carbonyl (C=O) groups excluding carboxylic acids is 1. The van der Waals surface area contributed by atoms with Gasteiger partial charge in [0, 0.05) is 6.42 Å². The highest BCUT2D eigenvalue weighted by Gasteiger charge is 2.49. The van der Waals surface area contributed by atoms with Gasteiger partial charge in [0.25, 0.3) is 0 Å². The third-order valence-corrected chi connectivity index (χ3v) is 3.80. The normalized spacial score (nSPS) is 21.3. The molecule has 0 saturated heterocycles. The highest BCUT2D eigenvalue weighted by Crippen LogP contribution is 2.41. The minimum atomic E-state index is -0.381. The average Bonchev–Trinajstić information content (AvgIpc) is 2.38. The van der Waals surface area contributed by atoms with Crippen molar-refractivity contribution in [3.8, 4) is 11.5 Å². The highest BCUT2D eigenvalue weighted by molar-refractivity contribution is 5.91. The fraction of sp³-hybridized carbons (Fsp3) is 0.533. The lowest BCUT2D eigenvalue weighted by atomic mass is 9.68. The number of rotatable bonds is 4. The maximum Gasteiger partial charge on any atom is 0.161 e. The van der Waals surface area contributed by atoms with Crippen LogP contribution in [0.5, 0.6) is 11.5 Å². The van der Waals surface area contributed by atoms with E-state index in [2.05, 4.69) is 6.92 Å². The van der Waals surface area contributed by atoms with Gasteiger partial charge in [0.2, 0.25) is 0 Å². The quantitative estimate of drug-likeness (QED) is 0.821. The summed E-state index contributed by atoms with van der Waals surface area (Å²) >= 11 is 0. The van der Waals surface area contributed by atoms with E-state index in [9.17, 15) is 4.79 Å². The molecule has 98 valence electrons. The van der Waals surface area contributed by atoms with Crippen molar-refractivity contribution in [2.24, 2.45) is 5.41 Å². The van der Waals surface area contributed by atoms with Gasteiger partial charge in [-0.3, -0.25) is 4.79 Å². The largest absolute Gasteiger partial charge is 0.493 e. The molecule has 0 bridgehead atoms. The van der Waals surface area contributed by atoms with Gasteiger partial charge in [0.05, 0.1) is 12.5 Å². The first-order valence-electron chi connectivity index (χ1n) is 6.36. The SMILES string of the molecule is CCc1ccc(OC2CC(=O)C2(C)C)c(OC)c1. The first-order valence-corrected chi connectivity index (χ1v) is 6.36. The summed E-state index contributed by atoms with van der Waals surface area (Å²) in [4.78, 5) is 11.5. The number of hydrogen-bond donors (Lipinski definition) is 0. The molecule has 1 saturated carbocycles. The van der Waals surface area contributed by atoms with E-state index in [1.807, 2.05) is 32.0 Å². The molecular formula is C15H20O3.